The molecule has 0 aliphatic heterocycles. The average molecular weight is 355 g/mol. The van der Waals surface area contributed by atoms with Crippen LogP contribution in [0.1, 0.15) is 16.7 Å². The monoisotopic (exact) mass is 355 g/mol. The minimum Gasteiger partial charge on any atom is -0.366 e. The summed E-state index contributed by atoms with van der Waals surface area (Å²) in [4.78, 5) is 19.0. The van der Waals surface area contributed by atoms with Crippen molar-refractivity contribution in [3.8, 4) is 11.4 Å². The fourth-order valence-corrected chi connectivity index (χ4v) is 2.58. The lowest BCUT2D eigenvalue weighted by Gasteiger charge is -2.04. The van der Waals surface area contributed by atoms with E-state index in [1.54, 1.807) is 0 Å². The summed E-state index contributed by atoms with van der Waals surface area (Å²) in [6, 6.07) is 7.91. The maximum atomic E-state index is 13.9. The second-order valence-corrected chi connectivity index (χ2v) is 5.80. The lowest BCUT2D eigenvalue weighted by molar-refractivity contribution is -0.112. The third-order valence-corrected chi connectivity index (χ3v) is 3.62. The van der Waals surface area contributed by atoms with E-state index in [1.165, 1.54) is 17.2 Å². The van der Waals surface area contributed by atoms with Crippen molar-refractivity contribution < 1.29 is 13.6 Å². The van der Waals surface area contributed by atoms with Crippen molar-refractivity contribution in [1.82, 2.24) is 19.7 Å². The first-order valence-corrected chi connectivity index (χ1v) is 7.67. The number of aromatic nitrogens is 4. The van der Waals surface area contributed by atoms with Crippen LogP contribution in [0.2, 0.25) is 0 Å². The predicted molar refractivity (Wildman–Crippen MR) is 92.4 cm³/mol. The summed E-state index contributed by atoms with van der Waals surface area (Å²) in [5.74, 6) is -2.59. The van der Waals surface area contributed by atoms with Gasteiger partial charge in [0.05, 0.1) is 5.57 Å². The highest BCUT2D eigenvalue weighted by Gasteiger charge is 2.16. The second-order valence-electron chi connectivity index (χ2n) is 5.80. The molecule has 0 radical (unpaired) electrons. The van der Waals surface area contributed by atoms with E-state index in [4.69, 9.17) is 5.73 Å². The molecule has 3 aromatic rings. The third kappa shape index (κ3) is 3.64. The molecule has 3 rings (SSSR count). The average Bonchev–Trinajstić information content (AvgIpc) is 3.01. The van der Waals surface area contributed by atoms with E-state index in [0.717, 1.165) is 28.8 Å². The maximum Gasteiger partial charge on any atom is 0.251 e. The maximum absolute atomic E-state index is 13.9. The zero-order valence-electron chi connectivity index (χ0n) is 14.1. The minimum absolute atomic E-state index is 0.202. The van der Waals surface area contributed by atoms with Gasteiger partial charge < -0.3 is 5.73 Å². The first-order chi connectivity index (χ1) is 12.3. The number of hydrogen-bond acceptors (Lipinski definition) is 4. The number of hydrogen-bond donors (Lipinski definition) is 1. The molecule has 26 heavy (non-hydrogen) atoms. The Morgan fingerprint density at radius 1 is 1.15 bits per heavy atom. The number of aryl methyl sites for hydroxylation is 2. The highest BCUT2D eigenvalue weighted by molar-refractivity contribution is 6.22. The lowest BCUT2D eigenvalue weighted by Crippen LogP contribution is -2.15. The van der Waals surface area contributed by atoms with Crippen molar-refractivity contribution in [1.29, 1.82) is 0 Å². The smallest absolute Gasteiger partial charge is 0.251 e. The molecule has 1 amide bonds. The van der Waals surface area contributed by atoms with E-state index in [1.807, 2.05) is 32.0 Å². The van der Waals surface area contributed by atoms with Crippen LogP contribution in [0.5, 0.6) is 0 Å². The van der Waals surface area contributed by atoms with Crippen LogP contribution < -0.4 is 5.73 Å². The minimum atomic E-state index is -1.13. The van der Waals surface area contributed by atoms with Gasteiger partial charge in [0.25, 0.3) is 5.91 Å². The Hall–Kier alpha value is -3.42. The van der Waals surface area contributed by atoms with Gasteiger partial charge in [0.15, 0.2) is 5.82 Å². The quantitative estimate of drug-likeness (QED) is 0.576. The summed E-state index contributed by atoms with van der Waals surface area (Å²) >= 11 is 0. The van der Waals surface area contributed by atoms with Gasteiger partial charge in [0.2, 0.25) is 11.9 Å². The van der Waals surface area contributed by atoms with Gasteiger partial charge in [-0.2, -0.15) is 13.8 Å². The third-order valence-electron chi connectivity index (χ3n) is 3.62. The fourth-order valence-electron chi connectivity index (χ4n) is 2.58. The van der Waals surface area contributed by atoms with Crippen molar-refractivity contribution in [2.45, 2.75) is 13.8 Å². The van der Waals surface area contributed by atoms with E-state index >= 15 is 0 Å². The molecule has 0 aliphatic carbocycles. The number of primary amides is 1. The number of benzene rings is 1. The summed E-state index contributed by atoms with van der Waals surface area (Å²) in [5.41, 5.74) is 7.83. The predicted octanol–water partition coefficient (Wildman–Crippen LogP) is 2.72. The van der Waals surface area contributed by atoms with Crippen LogP contribution in [0.25, 0.3) is 23.2 Å². The number of halogens is 2. The summed E-state index contributed by atoms with van der Waals surface area (Å²) in [6.45, 7) is 3.92. The van der Waals surface area contributed by atoms with Crippen LogP contribution in [0.15, 0.2) is 36.7 Å². The van der Waals surface area contributed by atoms with Gasteiger partial charge in [-0.25, -0.2) is 9.67 Å². The number of amides is 1. The Labute approximate surface area is 148 Å². The molecule has 0 aliphatic rings. The number of pyridine rings is 1. The van der Waals surface area contributed by atoms with E-state index in [-0.39, 0.29) is 11.1 Å². The molecule has 0 spiro atoms. The summed E-state index contributed by atoms with van der Waals surface area (Å²) < 4.78 is 28.1. The van der Waals surface area contributed by atoms with Gasteiger partial charge in [0, 0.05) is 17.3 Å². The number of rotatable bonds is 4. The molecule has 0 unspecified atom stereocenters. The first-order valence-electron chi connectivity index (χ1n) is 7.67. The van der Waals surface area contributed by atoms with Crippen LogP contribution in [0.3, 0.4) is 0 Å². The first kappa shape index (κ1) is 17.4. The summed E-state index contributed by atoms with van der Waals surface area (Å²) in [5, 5.41) is 4.26. The molecule has 0 fully saturated rings. The van der Waals surface area contributed by atoms with Gasteiger partial charge in [-0.15, -0.1) is 5.10 Å². The molecule has 2 aromatic heterocycles. The van der Waals surface area contributed by atoms with Crippen molar-refractivity contribution in [3.63, 3.8) is 0 Å². The van der Waals surface area contributed by atoms with Crippen LogP contribution in [0, 0.1) is 25.7 Å². The molecule has 8 heteroatoms. The van der Waals surface area contributed by atoms with Crippen molar-refractivity contribution in [3.05, 3.63) is 65.2 Å². The van der Waals surface area contributed by atoms with Crippen molar-refractivity contribution >= 4 is 17.7 Å². The molecule has 2 heterocycles. The second kappa shape index (κ2) is 6.83. The normalized spacial score (nSPS) is 11.6. The van der Waals surface area contributed by atoms with E-state index in [0.29, 0.717) is 5.82 Å². The topological polar surface area (TPSA) is 86.7 Å². The van der Waals surface area contributed by atoms with E-state index in [9.17, 15) is 13.6 Å². The number of carbonyl (C=O) groups is 1. The van der Waals surface area contributed by atoms with Crippen LogP contribution in [0.4, 0.5) is 8.78 Å². The molecule has 6 nitrogen and oxygen atoms in total. The van der Waals surface area contributed by atoms with Gasteiger partial charge in [0.1, 0.15) is 6.33 Å². The summed E-state index contributed by atoms with van der Waals surface area (Å²) in [6.07, 6.45) is 2.59. The Kier molecular flexibility index (Phi) is 4.57. The highest BCUT2D eigenvalue weighted by Crippen LogP contribution is 2.20. The molecule has 0 saturated carbocycles. The van der Waals surface area contributed by atoms with Crippen LogP contribution in [-0.4, -0.2) is 25.7 Å². The van der Waals surface area contributed by atoms with E-state index in [2.05, 4.69) is 15.1 Å². The molecule has 0 saturated heterocycles. The molecular weight excluding hydrogens is 340 g/mol. The number of nitrogens with zero attached hydrogens (tertiary/aromatic N) is 4. The van der Waals surface area contributed by atoms with E-state index < -0.39 is 17.8 Å². The molecule has 0 bridgehead atoms. The SMILES string of the molecule is Cc1cc(C)cc(-c2ncn(C=C(C(N)=O)c3ccc(F)nc3F)n2)c1. The molecule has 1 aromatic carbocycles. The van der Waals surface area contributed by atoms with Gasteiger partial charge in [-0.1, -0.05) is 17.2 Å². The Bertz CT molecular complexity index is 1010. The van der Waals surface area contributed by atoms with Gasteiger partial charge >= 0.3 is 0 Å². The number of nitrogens with two attached hydrogens (primary N) is 1. The Morgan fingerprint density at radius 3 is 2.46 bits per heavy atom. The fraction of sp³-hybridized carbons (Fsp3) is 0.111. The largest absolute Gasteiger partial charge is 0.366 e. The van der Waals surface area contributed by atoms with Crippen molar-refractivity contribution in [2.24, 2.45) is 5.73 Å². The summed E-state index contributed by atoms with van der Waals surface area (Å²) in [7, 11) is 0. The molecular formula is C18H15F2N5O. The lowest BCUT2D eigenvalue weighted by atomic mass is 10.1. The van der Waals surface area contributed by atoms with Crippen LogP contribution in [-0.2, 0) is 4.79 Å². The van der Waals surface area contributed by atoms with Gasteiger partial charge in [-0.3, -0.25) is 4.79 Å². The van der Waals surface area contributed by atoms with Crippen molar-refractivity contribution in [2.75, 3.05) is 0 Å². The zero-order valence-corrected chi connectivity index (χ0v) is 14.1. The molecule has 2 N–H and O–H groups in total. The molecule has 132 valence electrons. The van der Waals surface area contributed by atoms with Crippen LogP contribution >= 0.6 is 0 Å². The zero-order chi connectivity index (χ0) is 18.8. The number of carbonyl (C=O) groups excluding carboxylic acids is 1. The molecule has 0 atom stereocenters. The highest BCUT2D eigenvalue weighted by atomic mass is 19.1. The Balaban J connectivity index is 2.02. The van der Waals surface area contributed by atoms with Gasteiger partial charge in [-0.05, 0) is 38.1 Å². The standard InChI is InChI=1S/C18H15F2N5O/c1-10-5-11(2)7-12(6-10)18-22-9-25(24-18)8-14(17(21)26)13-3-4-15(19)23-16(13)20/h3-9H,1-2H3,(H2,21,26). The Morgan fingerprint density at radius 2 is 1.85 bits per heavy atom.